The fraction of sp³-hybridized carbons (Fsp3) is 0.200. The summed E-state index contributed by atoms with van der Waals surface area (Å²) in [7, 11) is 1.82. The molecule has 0 aliphatic heterocycles. The molecule has 0 spiro atoms. The predicted octanol–water partition coefficient (Wildman–Crippen LogP) is 4.96. The number of fused-ring (bicyclic) bond motifs is 2. The lowest BCUT2D eigenvalue weighted by atomic mass is 10.0. The van der Waals surface area contributed by atoms with Gasteiger partial charge in [0.1, 0.15) is 11.4 Å². The van der Waals surface area contributed by atoms with Crippen molar-refractivity contribution in [2.45, 2.75) is 25.4 Å². The van der Waals surface area contributed by atoms with Crippen molar-refractivity contribution in [2.75, 3.05) is 11.9 Å². The molecule has 5 rings (SSSR count). The molecule has 0 atom stereocenters. The van der Waals surface area contributed by atoms with Gasteiger partial charge in [0.05, 0.1) is 11.2 Å². The molecule has 3 aromatic carbocycles. The van der Waals surface area contributed by atoms with E-state index < -0.39 is 17.2 Å². The van der Waals surface area contributed by atoms with Gasteiger partial charge >= 0.3 is 5.97 Å². The Morgan fingerprint density at radius 3 is 2.61 bits per heavy atom. The van der Waals surface area contributed by atoms with Crippen molar-refractivity contribution in [1.82, 2.24) is 4.57 Å². The van der Waals surface area contributed by atoms with Gasteiger partial charge in [-0.2, -0.15) is 0 Å². The van der Waals surface area contributed by atoms with Crippen LogP contribution in [-0.4, -0.2) is 22.7 Å². The molecule has 4 aromatic rings. The number of nitrogens with zero attached hydrogens (tertiary/aromatic N) is 2. The quantitative estimate of drug-likeness (QED) is 0.499. The van der Waals surface area contributed by atoms with E-state index in [9.17, 15) is 14.7 Å². The van der Waals surface area contributed by atoms with E-state index in [1.54, 1.807) is 6.07 Å². The van der Waals surface area contributed by atoms with Crippen molar-refractivity contribution in [3.8, 4) is 0 Å². The summed E-state index contributed by atoms with van der Waals surface area (Å²) in [5, 5.41) is 11.7. The highest BCUT2D eigenvalue weighted by Crippen LogP contribution is 2.38. The highest BCUT2D eigenvalue weighted by molar-refractivity contribution is 5.93. The Labute approximate surface area is 178 Å². The first-order chi connectivity index (χ1) is 14.9. The Kier molecular flexibility index (Phi) is 4.50. The van der Waals surface area contributed by atoms with Gasteiger partial charge in [-0.15, -0.1) is 0 Å². The molecule has 0 amide bonds. The lowest BCUT2D eigenvalue weighted by molar-refractivity contribution is 0.0695. The summed E-state index contributed by atoms with van der Waals surface area (Å²) in [6, 6.07) is 17.1. The van der Waals surface area contributed by atoms with Crippen LogP contribution in [0.2, 0.25) is 0 Å². The molecule has 31 heavy (non-hydrogen) atoms. The summed E-state index contributed by atoms with van der Waals surface area (Å²) in [4.78, 5) is 26.0. The van der Waals surface area contributed by atoms with Gasteiger partial charge in [-0.1, -0.05) is 42.5 Å². The molecular weight excluding hydrogens is 395 g/mol. The molecule has 156 valence electrons. The molecule has 0 bridgehead atoms. The minimum absolute atomic E-state index is 0.103. The van der Waals surface area contributed by atoms with E-state index >= 15 is 4.39 Å². The lowest BCUT2D eigenvalue weighted by Crippen LogP contribution is -2.21. The van der Waals surface area contributed by atoms with E-state index in [1.165, 1.54) is 12.3 Å². The van der Waals surface area contributed by atoms with Crippen LogP contribution in [0.5, 0.6) is 0 Å². The van der Waals surface area contributed by atoms with E-state index in [0.29, 0.717) is 17.7 Å². The normalized spacial score (nSPS) is 13.6. The number of anilines is 1. The summed E-state index contributed by atoms with van der Waals surface area (Å²) in [6.45, 7) is 0.491. The van der Waals surface area contributed by atoms with Gasteiger partial charge in [0.2, 0.25) is 5.43 Å². The highest BCUT2D eigenvalue weighted by atomic mass is 19.1. The third-order valence-electron chi connectivity index (χ3n) is 5.97. The number of halogens is 1. The van der Waals surface area contributed by atoms with Crippen molar-refractivity contribution < 1.29 is 14.3 Å². The van der Waals surface area contributed by atoms with E-state index in [0.717, 1.165) is 29.2 Å². The smallest absolute Gasteiger partial charge is 0.341 e. The molecular formula is C25H21FN2O3. The summed E-state index contributed by atoms with van der Waals surface area (Å²) < 4.78 is 16.9. The van der Waals surface area contributed by atoms with Crippen LogP contribution in [0.4, 0.5) is 10.1 Å². The molecule has 0 radical (unpaired) electrons. The third kappa shape index (κ3) is 3.34. The molecule has 1 fully saturated rings. The topological polar surface area (TPSA) is 62.5 Å². The molecule has 1 aromatic heterocycles. The Balaban J connectivity index is 1.62. The number of carboxylic acid groups (broad SMARTS) is 1. The molecule has 1 saturated carbocycles. The zero-order valence-corrected chi connectivity index (χ0v) is 17.0. The molecule has 1 N–H and O–H groups in total. The van der Waals surface area contributed by atoms with Crippen LogP contribution in [0.25, 0.3) is 21.7 Å². The molecule has 6 heteroatoms. The Morgan fingerprint density at radius 1 is 1.13 bits per heavy atom. The summed E-state index contributed by atoms with van der Waals surface area (Å²) >= 11 is 0. The van der Waals surface area contributed by atoms with E-state index in [-0.39, 0.29) is 17.0 Å². The first-order valence-electron chi connectivity index (χ1n) is 10.2. The van der Waals surface area contributed by atoms with E-state index in [2.05, 4.69) is 0 Å². The molecule has 1 aliphatic rings. The second-order valence-corrected chi connectivity index (χ2v) is 8.13. The van der Waals surface area contributed by atoms with Crippen LogP contribution < -0.4 is 10.3 Å². The molecule has 0 saturated heterocycles. The van der Waals surface area contributed by atoms with Gasteiger partial charge < -0.3 is 14.6 Å². The van der Waals surface area contributed by atoms with Gasteiger partial charge in [-0.25, -0.2) is 9.18 Å². The minimum Gasteiger partial charge on any atom is -0.477 e. The van der Waals surface area contributed by atoms with Gasteiger partial charge in [-0.3, -0.25) is 4.79 Å². The molecule has 0 unspecified atom stereocenters. The van der Waals surface area contributed by atoms with Crippen molar-refractivity contribution in [1.29, 1.82) is 0 Å². The van der Waals surface area contributed by atoms with Crippen LogP contribution in [0, 0.1) is 5.82 Å². The third-order valence-corrected chi connectivity index (χ3v) is 5.97. The maximum absolute atomic E-state index is 15.1. The number of carbonyl (C=O) groups is 1. The van der Waals surface area contributed by atoms with Gasteiger partial charge in [-0.05, 0) is 41.3 Å². The lowest BCUT2D eigenvalue weighted by Gasteiger charge is -2.22. The number of hydrogen-bond donors (Lipinski definition) is 1. The van der Waals surface area contributed by atoms with Gasteiger partial charge in [0.25, 0.3) is 0 Å². The molecule has 1 aliphatic carbocycles. The maximum atomic E-state index is 15.1. The van der Waals surface area contributed by atoms with Crippen molar-refractivity contribution >= 4 is 33.3 Å². The molecule has 5 nitrogen and oxygen atoms in total. The largest absolute Gasteiger partial charge is 0.477 e. The minimum atomic E-state index is -1.29. The van der Waals surface area contributed by atoms with Crippen LogP contribution in [0.15, 0.2) is 65.6 Å². The summed E-state index contributed by atoms with van der Waals surface area (Å²) in [5.41, 5.74) is 1.04. The second-order valence-electron chi connectivity index (χ2n) is 8.13. The Bertz CT molecular complexity index is 1400. The monoisotopic (exact) mass is 416 g/mol. The Morgan fingerprint density at radius 2 is 1.87 bits per heavy atom. The standard InChI is InChI=1S/C25H21FN2O3/c1-27(13-16-7-4-6-15-5-2-3-8-18(15)16)23-12-22-19(11-21(23)26)24(29)20(25(30)31)14-28(22)17-9-10-17/h2-8,11-12,14,17H,9-10,13H2,1H3,(H,30,31). The zero-order valence-electron chi connectivity index (χ0n) is 17.0. The summed E-state index contributed by atoms with van der Waals surface area (Å²) in [5.74, 6) is -1.84. The highest BCUT2D eigenvalue weighted by Gasteiger charge is 2.27. The van der Waals surface area contributed by atoms with Gasteiger partial charge in [0, 0.05) is 31.2 Å². The number of pyridine rings is 1. The first kappa shape index (κ1) is 19.3. The van der Waals surface area contributed by atoms with Crippen LogP contribution in [-0.2, 0) is 6.54 Å². The fourth-order valence-corrected chi connectivity index (χ4v) is 4.23. The number of carboxylic acids is 1. The number of aromatic nitrogens is 1. The molecule has 1 heterocycles. The first-order valence-corrected chi connectivity index (χ1v) is 10.2. The zero-order chi connectivity index (χ0) is 21.7. The fourth-order valence-electron chi connectivity index (χ4n) is 4.23. The van der Waals surface area contributed by atoms with Crippen LogP contribution >= 0.6 is 0 Å². The van der Waals surface area contributed by atoms with Gasteiger partial charge in [0.15, 0.2) is 0 Å². The number of benzene rings is 3. The Hall–Kier alpha value is -3.67. The van der Waals surface area contributed by atoms with Crippen molar-refractivity contribution in [2.24, 2.45) is 0 Å². The predicted molar refractivity (Wildman–Crippen MR) is 119 cm³/mol. The average Bonchev–Trinajstić information content (AvgIpc) is 3.59. The van der Waals surface area contributed by atoms with Crippen molar-refractivity contribution in [3.05, 3.63) is 88.0 Å². The maximum Gasteiger partial charge on any atom is 0.341 e. The van der Waals surface area contributed by atoms with E-state index in [1.807, 2.05) is 59.0 Å². The van der Waals surface area contributed by atoms with Crippen LogP contribution in [0.3, 0.4) is 0 Å². The number of hydrogen-bond acceptors (Lipinski definition) is 3. The number of aromatic carboxylic acids is 1. The average molecular weight is 416 g/mol. The van der Waals surface area contributed by atoms with Crippen LogP contribution in [0.1, 0.15) is 34.8 Å². The number of rotatable bonds is 5. The second kappa shape index (κ2) is 7.23. The van der Waals surface area contributed by atoms with E-state index in [4.69, 9.17) is 0 Å². The SMILES string of the molecule is CN(Cc1cccc2ccccc12)c1cc2c(cc1F)c(=O)c(C(=O)O)cn2C1CC1. The van der Waals surface area contributed by atoms with Crippen molar-refractivity contribution in [3.63, 3.8) is 0 Å². The summed E-state index contributed by atoms with van der Waals surface area (Å²) in [6.07, 6.45) is 3.22.